The van der Waals surface area contributed by atoms with Crippen molar-refractivity contribution in [3.63, 3.8) is 0 Å². The van der Waals surface area contributed by atoms with E-state index in [1.807, 2.05) is 65.0 Å². The first-order valence-corrected chi connectivity index (χ1v) is 15.0. The van der Waals surface area contributed by atoms with E-state index >= 15 is 4.39 Å². The molecule has 3 aromatic rings. The maximum atomic E-state index is 15.2. The molecule has 0 amide bonds. The van der Waals surface area contributed by atoms with E-state index < -0.39 is 0 Å². The molecule has 4 rings (SSSR count). The molecule has 1 aliphatic rings. The Hall–Kier alpha value is -0.357. The van der Waals surface area contributed by atoms with Gasteiger partial charge < -0.3 is 41.1 Å². The first-order valence-electron chi connectivity index (χ1n) is 15.0. The third kappa shape index (κ3) is 18.4. The van der Waals surface area contributed by atoms with Crippen molar-refractivity contribution in [2.45, 2.75) is 93.1 Å². The van der Waals surface area contributed by atoms with Crippen LogP contribution >= 0.6 is 0 Å². The number of aryl methyl sites for hydroxylation is 2. The van der Waals surface area contributed by atoms with Gasteiger partial charge in [0.05, 0.1) is 6.10 Å². The van der Waals surface area contributed by atoms with Crippen LogP contribution in [0.5, 0.6) is 0 Å². The average molecular weight is 680 g/mol. The first-order chi connectivity index (χ1) is 20.7. The van der Waals surface area contributed by atoms with E-state index in [1.54, 1.807) is 38.3 Å². The van der Waals surface area contributed by atoms with Crippen LogP contribution in [0.25, 0.3) is 22.3 Å². The molecule has 0 aromatic heterocycles. The van der Waals surface area contributed by atoms with Crippen molar-refractivity contribution in [1.29, 1.82) is 0 Å². The Morgan fingerprint density at radius 2 is 1.54 bits per heavy atom. The van der Waals surface area contributed by atoms with Crippen LogP contribution in [0.1, 0.15) is 83.9 Å². The molecule has 2 nitrogen and oxygen atoms in total. The zero-order valence-electron chi connectivity index (χ0n) is 30.0. The monoisotopic (exact) mass is 679 g/mol. The van der Waals surface area contributed by atoms with Crippen molar-refractivity contribution < 1.29 is 121 Å². The molecule has 242 valence electrons. The van der Waals surface area contributed by atoms with Gasteiger partial charge in [-0.3, -0.25) is 6.58 Å². The van der Waals surface area contributed by atoms with Gasteiger partial charge in [-0.2, -0.15) is 36.8 Å². The third-order valence-corrected chi connectivity index (χ3v) is 6.60. The number of allylic oxidation sites excluding steroid dienone is 4. The summed E-state index contributed by atoms with van der Waals surface area (Å²) < 4.78 is 29.7. The van der Waals surface area contributed by atoms with Crippen molar-refractivity contribution in [3.05, 3.63) is 127 Å². The van der Waals surface area contributed by atoms with E-state index in [4.69, 9.17) is 5.11 Å². The summed E-state index contributed by atoms with van der Waals surface area (Å²) in [4.78, 5) is 9.67. The third-order valence-electron chi connectivity index (χ3n) is 6.60. The fraction of sp³-hybridized carbons (Fsp3) is 0.350. The maximum absolute atomic E-state index is 15.2. The second-order valence-corrected chi connectivity index (χ2v) is 9.45. The summed E-state index contributed by atoms with van der Waals surface area (Å²) in [6.07, 6.45) is 14.1. The van der Waals surface area contributed by atoms with Crippen LogP contribution < -0.4 is 103 Å². The minimum Gasteiger partial charge on any atom is -0.507 e. The van der Waals surface area contributed by atoms with Gasteiger partial charge in [0.15, 0.2) is 0 Å². The van der Waals surface area contributed by atoms with Crippen LogP contribution in [-0.4, -0.2) is 17.5 Å². The second-order valence-electron chi connectivity index (χ2n) is 9.45. The average Bonchev–Trinajstić information content (AvgIpc) is 3.51. The van der Waals surface area contributed by atoms with Crippen LogP contribution in [0.3, 0.4) is 0 Å². The van der Waals surface area contributed by atoms with Crippen LogP contribution in [0, 0.1) is 44.2 Å². The molecular formula is C40H51F2K2O2-3. The molecular weight excluding hydrogens is 629 g/mol. The van der Waals surface area contributed by atoms with Gasteiger partial charge in [-0.1, -0.05) is 71.7 Å². The van der Waals surface area contributed by atoms with Gasteiger partial charge in [-0.15, -0.1) is 18.8 Å². The van der Waals surface area contributed by atoms with E-state index in [1.165, 1.54) is 18.9 Å². The van der Waals surface area contributed by atoms with E-state index in [0.717, 1.165) is 41.5 Å². The summed E-state index contributed by atoms with van der Waals surface area (Å²) in [5, 5.41) is 8.73. The number of halogens is 2. The molecule has 1 N–H and O–H groups in total. The number of carbonyl (C=O) groups excluding carboxylic acids is 1. The summed E-state index contributed by atoms with van der Waals surface area (Å²) in [6, 6.07) is 17.3. The van der Waals surface area contributed by atoms with Gasteiger partial charge >= 0.3 is 103 Å². The molecule has 46 heavy (non-hydrogen) atoms. The molecule has 1 saturated carbocycles. The quantitative estimate of drug-likeness (QED) is 0.173. The molecule has 0 aliphatic heterocycles. The topological polar surface area (TPSA) is 37.3 Å². The van der Waals surface area contributed by atoms with Crippen molar-refractivity contribution in [2.24, 2.45) is 0 Å². The van der Waals surface area contributed by atoms with Gasteiger partial charge in [0, 0.05) is 5.56 Å². The predicted octanol–water partition coefficient (Wildman–Crippen LogP) is 4.97. The van der Waals surface area contributed by atoms with E-state index in [2.05, 4.69) is 31.4 Å². The largest absolute Gasteiger partial charge is 1.00 e. The molecule has 0 heterocycles. The Morgan fingerprint density at radius 1 is 1.00 bits per heavy atom. The number of hydrogen-bond acceptors (Lipinski definition) is 2. The Kier molecular flexibility index (Phi) is 36.4. The van der Waals surface area contributed by atoms with Gasteiger partial charge in [0.1, 0.15) is 11.6 Å². The number of rotatable bonds is 6. The van der Waals surface area contributed by atoms with E-state index in [-0.39, 0.29) is 128 Å². The molecule has 0 spiro atoms. The second kappa shape index (κ2) is 31.9. The standard InChI is InChI=1S/C23H21F2.C6H6O.C5H10O.C3H5.C2H6.CH3.2K/c1-4-16-13-17(14-22(24)18(16)5-2)20-11-8-12-21(23(20)25)19-10-7-6-9-15(19)3;1-3-6(4-2)5-7;6-5-3-1-2-4-5;1-3-2;1-2;;;/h6-8,10-14H,4-5H2,1-3H3;4H,1H2,2H3;5-6H,1-4H2;1H2,2H3;1-2H3;1H3;;/q-1;-2;;-1;;-1;2*+1/b;6-4-;;;;;;. The van der Waals surface area contributed by atoms with E-state index in [0.29, 0.717) is 28.7 Å². The summed E-state index contributed by atoms with van der Waals surface area (Å²) in [5.74, 6) is -0.582. The van der Waals surface area contributed by atoms with Gasteiger partial charge in [0.25, 0.3) is 0 Å². The van der Waals surface area contributed by atoms with Crippen molar-refractivity contribution in [3.8, 4) is 22.3 Å². The van der Waals surface area contributed by atoms with Crippen LogP contribution in [0.15, 0.2) is 73.3 Å². The van der Waals surface area contributed by atoms with Gasteiger partial charge in [-0.25, -0.2) is 15.4 Å². The SMILES string of the molecule is C=[C-]/C([C-]=O)=C/C.C=[C-]C.CC.CCc1cc(-c2cccc(-c3ccc[c-]c3C)c2F)cc(F)c1CC.OC1CCCC1.[CH3-].[K+].[K+]. The predicted molar refractivity (Wildman–Crippen MR) is 185 cm³/mol. The summed E-state index contributed by atoms with van der Waals surface area (Å²) >= 11 is 0. The molecule has 0 unspecified atom stereocenters. The first kappa shape index (κ1) is 52.5. The van der Waals surface area contributed by atoms with Crippen molar-refractivity contribution in [2.75, 3.05) is 0 Å². The molecule has 1 aliphatic carbocycles. The zero-order valence-corrected chi connectivity index (χ0v) is 36.3. The van der Waals surface area contributed by atoms with Crippen molar-refractivity contribution in [1.82, 2.24) is 0 Å². The fourth-order valence-electron chi connectivity index (χ4n) is 4.44. The molecule has 0 bridgehead atoms. The van der Waals surface area contributed by atoms with Crippen molar-refractivity contribution >= 4 is 6.29 Å². The molecule has 0 saturated heterocycles. The molecule has 0 atom stereocenters. The number of benzene rings is 3. The van der Waals surface area contributed by atoms with Crippen LogP contribution in [0.4, 0.5) is 8.78 Å². The van der Waals surface area contributed by atoms with Crippen LogP contribution in [-0.2, 0) is 17.6 Å². The van der Waals surface area contributed by atoms with Gasteiger partial charge in [-0.05, 0) is 54.0 Å². The zero-order chi connectivity index (χ0) is 32.8. The maximum Gasteiger partial charge on any atom is 1.00 e. The summed E-state index contributed by atoms with van der Waals surface area (Å²) in [5.41, 5.74) is 5.27. The summed E-state index contributed by atoms with van der Waals surface area (Å²) in [7, 11) is 0. The number of hydrogen-bond donors (Lipinski definition) is 1. The Bertz CT molecular complexity index is 1290. The normalized spacial score (nSPS) is 11.3. The Labute approximate surface area is 365 Å². The van der Waals surface area contributed by atoms with Crippen LogP contribution in [0.2, 0.25) is 0 Å². The fourth-order valence-corrected chi connectivity index (χ4v) is 4.44. The molecule has 0 radical (unpaired) electrons. The number of aliphatic hydroxyl groups is 1. The molecule has 1 fully saturated rings. The Balaban J connectivity index is -0.000000348. The molecule has 6 heteroatoms. The number of aliphatic hydroxyl groups excluding tert-OH is 1. The minimum absolute atomic E-state index is 0. The van der Waals surface area contributed by atoms with E-state index in [9.17, 15) is 9.18 Å². The molecule has 3 aromatic carbocycles. The summed E-state index contributed by atoms with van der Waals surface area (Å²) in [6.45, 7) is 19.8. The van der Waals surface area contributed by atoms with Gasteiger partial charge in [0.2, 0.25) is 0 Å². The smallest absolute Gasteiger partial charge is 0.507 e. The minimum atomic E-state index is -0.323. The Morgan fingerprint density at radius 3 is 1.93 bits per heavy atom.